The number of carbonyl (C=O) groups is 1. The van der Waals surface area contributed by atoms with Crippen LogP contribution in [0.15, 0.2) is 40.7 Å². The Labute approximate surface area is 150 Å². The van der Waals surface area contributed by atoms with Crippen LogP contribution in [0.5, 0.6) is 0 Å². The molecule has 0 aliphatic carbocycles. The van der Waals surface area contributed by atoms with E-state index in [9.17, 15) is 13.2 Å². The van der Waals surface area contributed by atoms with Gasteiger partial charge < -0.3 is 9.64 Å². The van der Waals surface area contributed by atoms with Crippen LogP contribution in [0.2, 0.25) is 0 Å². The second kappa shape index (κ2) is 7.51. The van der Waals surface area contributed by atoms with Crippen molar-refractivity contribution in [3.8, 4) is 0 Å². The molecule has 1 aliphatic heterocycles. The Balaban J connectivity index is 1.61. The molecule has 0 atom stereocenters. The number of nitrogens with zero attached hydrogens (tertiary/aromatic N) is 2. The van der Waals surface area contributed by atoms with E-state index in [0.717, 1.165) is 31.1 Å². The number of hydrogen-bond acceptors (Lipinski definition) is 7. The Morgan fingerprint density at radius 1 is 1.28 bits per heavy atom. The van der Waals surface area contributed by atoms with Gasteiger partial charge in [0.15, 0.2) is 5.13 Å². The van der Waals surface area contributed by atoms with Gasteiger partial charge in [0.2, 0.25) is 10.0 Å². The number of anilines is 1. The standard InChI is InChI=1S/C16H19N3O4S2/c1-23-15(20)12-2-4-14(5-3-12)25(21,22)18-13-6-9-19(10-7-13)16-17-8-11-24-16/h2-5,8,11,13,18H,6-7,9-10H2,1H3. The van der Waals surface area contributed by atoms with E-state index in [0.29, 0.717) is 5.56 Å². The second-order valence-electron chi connectivity index (χ2n) is 5.71. The molecule has 134 valence electrons. The minimum atomic E-state index is -3.61. The molecule has 0 spiro atoms. The van der Waals surface area contributed by atoms with Crippen LogP contribution in [-0.4, -0.2) is 45.6 Å². The number of carbonyl (C=O) groups excluding carboxylic acids is 1. The number of sulfonamides is 1. The van der Waals surface area contributed by atoms with Crippen molar-refractivity contribution in [1.82, 2.24) is 9.71 Å². The molecule has 0 saturated carbocycles. The van der Waals surface area contributed by atoms with Gasteiger partial charge in [-0.1, -0.05) is 0 Å². The fourth-order valence-electron chi connectivity index (χ4n) is 2.74. The number of nitrogens with one attached hydrogen (secondary N) is 1. The summed E-state index contributed by atoms with van der Waals surface area (Å²) in [4.78, 5) is 18.0. The normalized spacial score (nSPS) is 16.0. The van der Waals surface area contributed by atoms with Crippen molar-refractivity contribution in [2.45, 2.75) is 23.8 Å². The second-order valence-corrected chi connectivity index (χ2v) is 8.30. The highest BCUT2D eigenvalue weighted by Crippen LogP contribution is 2.23. The fraction of sp³-hybridized carbons (Fsp3) is 0.375. The van der Waals surface area contributed by atoms with Crippen molar-refractivity contribution in [3.63, 3.8) is 0 Å². The topological polar surface area (TPSA) is 88.6 Å². The molecule has 1 saturated heterocycles. The van der Waals surface area contributed by atoms with Crippen LogP contribution in [0.4, 0.5) is 5.13 Å². The lowest BCUT2D eigenvalue weighted by atomic mass is 10.1. The molecule has 1 N–H and O–H groups in total. The van der Waals surface area contributed by atoms with Crippen LogP contribution in [0, 0.1) is 0 Å². The van der Waals surface area contributed by atoms with Crippen molar-refractivity contribution in [3.05, 3.63) is 41.4 Å². The molecule has 1 aromatic heterocycles. The molecule has 1 aromatic carbocycles. The number of thiazole rings is 1. The lowest BCUT2D eigenvalue weighted by Gasteiger charge is -2.31. The summed E-state index contributed by atoms with van der Waals surface area (Å²) in [5.41, 5.74) is 0.318. The summed E-state index contributed by atoms with van der Waals surface area (Å²) >= 11 is 1.58. The predicted molar refractivity (Wildman–Crippen MR) is 95.5 cm³/mol. The minimum absolute atomic E-state index is 0.110. The van der Waals surface area contributed by atoms with Crippen LogP contribution in [0.3, 0.4) is 0 Å². The first-order valence-corrected chi connectivity index (χ1v) is 10.2. The van der Waals surface area contributed by atoms with Gasteiger partial charge in [-0.2, -0.15) is 0 Å². The van der Waals surface area contributed by atoms with Gasteiger partial charge in [0.1, 0.15) is 0 Å². The number of ether oxygens (including phenoxy) is 1. The predicted octanol–water partition coefficient (Wildman–Crippen LogP) is 1.88. The highest BCUT2D eigenvalue weighted by Gasteiger charge is 2.25. The molecule has 0 bridgehead atoms. The van der Waals surface area contributed by atoms with Gasteiger partial charge in [-0.15, -0.1) is 11.3 Å². The molecule has 0 amide bonds. The molecular formula is C16H19N3O4S2. The van der Waals surface area contributed by atoms with E-state index in [2.05, 4.69) is 19.3 Å². The van der Waals surface area contributed by atoms with E-state index >= 15 is 0 Å². The van der Waals surface area contributed by atoms with E-state index in [1.54, 1.807) is 17.5 Å². The Morgan fingerprint density at radius 3 is 2.52 bits per heavy atom. The molecule has 3 rings (SSSR count). The lowest BCUT2D eigenvalue weighted by Crippen LogP contribution is -2.44. The van der Waals surface area contributed by atoms with Crippen molar-refractivity contribution in [2.24, 2.45) is 0 Å². The van der Waals surface area contributed by atoms with Crippen LogP contribution in [0.25, 0.3) is 0 Å². The minimum Gasteiger partial charge on any atom is -0.465 e. The number of piperidine rings is 1. The first kappa shape index (κ1) is 17.8. The fourth-order valence-corrected chi connectivity index (χ4v) is 4.74. The van der Waals surface area contributed by atoms with E-state index in [4.69, 9.17) is 0 Å². The number of benzene rings is 1. The highest BCUT2D eigenvalue weighted by molar-refractivity contribution is 7.89. The largest absolute Gasteiger partial charge is 0.465 e. The van der Waals surface area contributed by atoms with Gasteiger partial charge in [-0.25, -0.2) is 22.9 Å². The van der Waals surface area contributed by atoms with Crippen LogP contribution in [-0.2, 0) is 14.8 Å². The van der Waals surface area contributed by atoms with Crippen LogP contribution >= 0.6 is 11.3 Å². The Bertz CT molecular complexity index is 812. The van der Waals surface area contributed by atoms with Gasteiger partial charge in [-0.05, 0) is 37.1 Å². The average Bonchev–Trinajstić information content (AvgIpc) is 3.16. The van der Waals surface area contributed by atoms with Gasteiger partial charge >= 0.3 is 5.97 Å². The number of esters is 1. The van der Waals surface area contributed by atoms with E-state index in [1.807, 2.05) is 5.38 Å². The third-order valence-electron chi connectivity index (χ3n) is 4.09. The van der Waals surface area contributed by atoms with Gasteiger partial charge in [-0.3, -0.25) is 0 Å². The zero-order valence-electron chi connectivity index (χ0n) is 13.7. The monoisotopic (exact) mass is 381 g/mol. The van der Waals surface area contributed by atoms with E-state index in [-0.39, 0.29) is 10.9 Å². The van der Waals surface area contributed by atoms with E-state index in [1.165, 1.54) is 31.4 Å². The molecular weight excluding hydrogens is 362 g/mol. The lowest BCUT2D eigenvalue weighted by molar-refractivity contribution is 0.0600. The van der Waals surface area contributed by atoms with Crippen molar-refractivity contribution in [2.75, 3.05) is 25.1 Å². The summed E-state index contributed by atoms with van der Waals surface area (Å²) in [5.74, 6) is -0.494. The third-order valence-corrected chi connectivity index (χ3v) is 6.46. The summed E-state index contributed by atoms with van der Waals surface area (Å²) < 4.78 is 32.4. The maximum Gasteiger partial charge on any atom is 0.337 e. The number of aromatic nitrogens is 1. The maximum atomic E-state index is 12.5. The Hall–Kier alpha value is -1.97. The van der Waals surface area contributed by atoms with E-state index < -0.39 is 16.0 Å². The Kier molecular flexibility index (Phi) is 5.36. The Morgan fingerprint density at radius 2 is 1.96 bits per heavy atom. The third kappa shape index (κ3) is 4.17. The summed E-state index contributed by atoms with van der Waals surface area (Å²) in [6.45, 7) is 1.53. The number of methoxy groups -OCH3 is 1. The van der Waals surface area contributed by atoms with Gasteiger partial charge in [0, 0.05) is 30.7 Å². The zero-order chi connectivity index (χ0) is 17.9. The molecule has 9 heteroatoms. The maximum absolute atomic E-state index is 12.5. The SMILES string of the molecule is COC(=O)c1ccc(S(=O)(=O)NC2CCN(c3nccs3)CC2)cc1. The van der Waals surface area contributed by atoms with Gasteiger partial charge in [0.25, 0.3) is 0 Å². The summed E-state index contributed by atoms with van der Waals surface area (Å²) in [6.07, 6.45) is 3.21. The van der Waals surface area contributed by atoms with Crippen LogP contribution < -0.4 is 9.62 Å². The average molecular weight is 381 g/mol. The summed E-state index contributed by atoms with van der Waals surface area (Å²) in [5, 5.41) is 2.90. The highest BCUT2D eigenvalue weighted by atomic mass is 32.2. The first-order chi connectivity index (χ1) is 12.0. The molecule has 0 unspecified atom stereocenters. The van der Waals surface area contributed by atoms with Gasteiger partial charge in [0.05, 0.1) is 17.6 Å². The molecule has 0 radical (unpaired) electrons. The molecule has 2 heterocycles. The molecule has 1 fully saturated rings. The summed E-state index contributed by atoms with van der Waals surface area (Å²) in [6, 6.07) is 5.62. The zero-order valence-corrected chi connectivity index (χ0v) is 15.3. The quantitative estimate of drug-likeness (QED) is 0.796. The molecule has 7 nitrogen and oxygen atoms in total. The van der Waals surface area contributed by atoms with Crippen molar-refractivity contribution in [1.29, 1.82) is 0 Å². The van der Waals surface area contributed by atoms with Crippen molar-refractivity contribution < 1.29 is 17.9 Å². The smallest absolute Gasteiger partial charge is 0.337 e. The number of hydrogen-bond donors (Lipinski definition) is 1. The first-order valence-electron chi connectivity index (χ1n) is 7.85. The molecule has 1 aliphatic rings. The molecule has 25 heavy (non-hydrogen) atoms. The van der Waals surface area contributed by atoms with Crippen molar-refractivity contribution >= 4 is 32.5 Å². The number of rotatable bonds is 5. The van der Waals surface area contributed by atoms with Crippen LogP contribution in [0.1, 0.15) is 23.2 Å². The molecule has 2 aromatic rings. The summed E-state index contributed by atoms with van der Waals surface area (Å²) in [7, 11) is -2.33.